The van der Waals surface area contributed by atoms with Crippen molar-refractivity contribution in [3.8, 4) is 11.1 Å². The van der Waals surface area contributed by atoms with Gasteiger partial charge in [0.1, 0.15) is 0 Å². The molecule has 0 atom stereocenters. The van der Waals surface area contributed by atoms with Crippen LogP contribution in [-0.2, 0) is 0 Å². The first-order chi connectivity index (χ1) is 8.58. The van der Waals surface area contributed by atoms with Gasteiger partial charge in [0.25, 0.3) is 0 Å². The van der Waals surface area contributed by atoms with Crippen LogP contribution in [-0.4, -0.2) is 0 Å². The molecule has 0 heterocycles. The van der Waals surface area contributed by atoms with Crippen molar-refractivity contribution < 1.29 is 0 Å². The van der Waals surface area contributed by atoms with Crippen LogP contribution in [0.5, 0.6) is 0 Å². The van der Waals surface area contributed by atoms with E-state index in [0.29, 0.717) is 0 Å². The third kappa shape index (κ3) is 1.68. The van der Waals surface area contributed by atoms with Gasteiger partial charge in [-0.25, -0.2) is 0 Å². The number of rotatable bonds is 0. The Morgan fingerprint density at radius 1 is 0.722 bits per heavy atom. The van der Waals surface area contributed by atoms with Crippen LogP contribution in [0.3, 0.4) is 0 Å². The minimum atomic E-state index is 0.770. The van der Waals surface area contributed by atoms with E-state index in [-0.39, 0.29) is 0 Å². The molecule has 2 aromatic carbocycles. The van der Waals surface area contributed by atoms with E-state index in [9.17, 15) is 0 Å². The third-order valence-electron chi connectivity index (χ3n) is 3.29. The summed E-state index contributed by atoms with van der Waals surface area (Å²) in [7, 11) is 0. The Labute approximate surface area is 117 Å². The summed E-state index contributed by atoms with van der Waals surface area (Å²) in [5, 5.41) is 1.54. The van der Waals surface area contributed by atoms with E-state index >= 15 is 0 Å². The number of halogens is 2. The van der Waals surface area contributed by atoms with Crippen LogP contribution >= 0.6 is 23.2 Å². The van der Waals surface area contributed by atoms with E-state index < -0.39 is 0 Å². The first kappa shape index (κ1) is 11.8. The molecule has 0 fully saturated rings. The summed E-state index contributed by atoms with van der Waals surface area (Å²) in [5.41, 5.74) is 7.42. The first-order valence-corrected chi connectivity index (χ1v) is 6.61. The van der Waals surface area contributed by atoms with Gasteiger partial charge in [0, 0.05) is 10.0 Å². The molecule has 0 nitrogen and oxygen atoms in total. The van der Waals surface area contributed by atoms with Gasteiger partial charge < -0.3 is 0 Å². The van der Waals surface area contributed by atoms with Crippen LogP contribution in [0.4, 0.5) is 0 Å². The molecule has 0 bridgehead atoms. The molecular weight excluding hydrogens is 263 g/mol. The number of hydrogen-bond donors (Lipinski definition) is 0. The molecule has 0 saturated heterocycles. The van der Waals surface area contributed by atoms with Crippen molar-refractivity contribution in [2.45, 2.75) is 13.8 Å². The minimum absolute atomic E-state index is 0.770. The highest BCUT2D eigenvalue weighted by atomic mass is 35.5. The number of hydrogen-bond acceptors (Lipinski definition) is 0. The Bertz CT molecular complexity index is 624. The quantitative estimate of drug-likeness (QED) is 0.485. The molecule has 90 valence electrons. The summed E-state index contributed by atoms with van der Waals surface area (Å²) in [6.07, 6.45) is 0. The van der Waals surface area contributed by atoms with Crippen molar-refractivity contribution in [1.29, 1.82) is 0 Å². The lowest BCUT2D eigenvalue weighted by molar-refractivity contribution is 1.39. The van der Waals surface area contributed by atoms with E-state index in [0.717, 1.165) is 10.0 Å². The molecule has 0 unspecified atom stereocenters. The fraction of sp³-hybridized carbons (Fsp3) is 0.125. The second-order valence-electron chi connectivity index (χ2n) is 4.75. The van der Waals surface area contributed by atoms with Gasteiger partial charge in [0.2, 0.25) is 0 Å². The van der Waals surface area contributed by atoms with Gasteiger partial charge >= 0.3 is 0 Å². The molecule has 2 heteroatoms. The summed E-state index contributed by atoms with van der Waals surface area (Å²) < 4.78 is 0. The summed E-state index contributed by atoms with van der Waals surface area (Å²) in [4.78, 5) is 0. The normalized spacial score (nSPS) is 12.3. The molecule has 0 aromatic heterocycles. The molecular formula is C16H12Cl2. The van der Waals surface area contributed by atoms with Gasteiger partial charge in [0.05, 0.1) is 0 Å². The number of benzene rings is 2. The lowest BCUT2D eigenvalue weighted by Gasteiger charge is -2.05. The zero-order chi connectivity index (χ0) is 12.9. The van der Waals surface area contributed by atoms with Crippen molar-refractivity contribution in [3.63, 3.8) is 0 Å². The lowest BCUT2D eigenvalue weighted by Crippen LogP contribution is -1.84. The molecule has 0 aliphatic heterocycles. The highest BCUT2D eigenvalue weighted by Crippen LogP contribution is 2.47. The third-order valence-corrected chi connectivity index (χ3v) is 3.76. The molecule has 0 N–H and O–H groups in total. The molecule has 0 spiro atoms. The van der Waals surface area contributed by atoms with Crippen molar-refractivity contribution >= 4 is 28.8 Å². The molecule has 3 rings (SSSR count). The molecule has 18 heavy (non-hydrogen) atoms. The second kappa shape index (κ2) is 4.15. The largest absolute Gasteiger partial charge is 0.0843 e. The van der Waals surface area contributed by atoms with Crippen LogP contribution in [0.15, 0.2) is 42.0 Å². The summed E-state index contributed by atoms with van der Waals surface area (Å²) in [6, 6.07) is 12.1. The van der Waals surface area contributed by atoms with E-state index in [1.807, 2.05) is 24.3 Å². The van der Waals surface area contributed by atoms with Crippen LogP contribution in [0, 0.1) is 0 Å². The smallest absolute Gasteiger partial charge is 0.0412 e. The number of allylic oxidation sites excluding steroid dienone is 1. The van der Waals surface area contributed by atoms with E-state index in [4.69, 9.17) is 23.2 Å². The molecule has 2 aromatic rings. The van der Waals surface area contributed by atoms with Crippen molar-refractivity contribution in [3.05, 3.63) is 63.1 Å². The van der Waals surface area contributed by atoms with Crippen molar-refractivity contribution in [2.75, 3.05) is 0 Å². The van der Waals surface area contributed by atoms with Gasteiger partial charge in [0.15, 0.2) is 0 Å². The SMILES string of the molecule is CC(C)=C1c2cc(Cl)ccc2-c2ccc(Cl)cc21. The van der Waals surface area contributed by atoms with Crippen LogP contribution in [0.1, 0.15) is 25.0 Å². The van der Waals surface area contributed by atoms with Gasteiger partial charge in [-0.2, -0.15) is 0 Å². The number of fused-ring (bicyclic) bond motifs is 3. The van der Waals surface area contributed by atoms with E-state index in [1.54, 1.807) is 0 Å². The molecule has 0 saturated carbocycles. The predicted molar refractivity (Wildman–Crippen MR) is 79.3 cm³/mol. The van der Waals surface area contributed by atoms with Crippen molar-refractivity contribution in [2.24, 2.45) is 0 Å². The summed E-state index contributed by atoms with van der Waals surface area (Å²) in [6.45, 7) is 4.24. The monoisotopic (exact) mass is 274 g/mol. The molecule has 1 aliphatic carbocycles. The van der Waals surface area contributed by atoms with Gasteiger partial charge in [-0.05, 0) is 65.9 Å². The second-order valence-corrected chi connectivity index (χ2v) is 5.63. The topological polar surface area (TPSA) is 0 Å². The maximum atomic E-state index is 6.12. The fourth-order valence-electron chi connectivity index (χ4n) is 2.60. The maximum Gasteiger partial charge on any atom is 0.0412 e. The Hall–Kier alpha value is -1.24. The molecule has 1 aliphatic rings. The highest BCUT2D eigenvalue weighted by Gasteiger charge is 2.24. The first-order valence-electron chi connectivity index (χ1n) is 5.85. The van der Waals surface area contributed by atoms with Crippen LogP contribution < -0.4 is 0 Å². The fourth-order valence-corrected chi connectivity index (χ4v) is 2.94. The Kier molecular flexibility index (Phi) is 2.73. The maximum absolute atomic E-state index is 6.12. The minimum Gasteiger partial charge on any atom is -0.0843 e. The zero-order valence-electron chi connectivity index (χ0n) is 10.2. The zero-order valence-corrected chi connectivity index (χ0v) is 11.7. The van der Waals surface area contributed by atoms with E-state index in [1.165, 1.54) is 33.4 Å². The Morgan fingerprint density at radius 2 is 1.17 bits per heavy atom. The van der Waals surface area contributed by atoms with Gasteiger partial charge in [-0.15, -0.1) is 0 Å². The predicted octanol–water partition coefficient (Wildman–Crippen LogP) is 5.82. The Balaban J connectivity index is 2.41. The average Bonchev–Trinajstić information content (AvgIpc) is 2.60. The van der Waals surface area contributed by atoms with Gasteiger partial charge in [-0.3, -0.25) is 0 Å². The van der Waals surface area contributed by atoms with Crippen molar-refractivity contribution in [1.82, 2.24) is 0 Å². The summed E-state index contributed by atoms with van der Waals surface area (Å²) in [5.74, 6) is 0. The average molecular weight is 275 g/mol. The van der Waals surface area contributed by atoms with Crippen LogP contribution in [0.25, 0.3) is 16.7 Å². The lowest BCUT2D eigenvalue weighted by atomic mass is 10.00. The van der Waals surface area contributed by atoms with Crippen LogP contribution in [0.2, 0.25) is 10.0 Å². The summed E-state index contributed by atoms with van der Waals surface area (Å²) >= 11 is 12.2. The Morgan fingerprint density at radius 3 is 1.56 bits per heavy atom. The molecule has 0 radical (unpaired) electrons. The van der Waals surface area contributed by atoms with Gasteiger partial charge in [-0.1, -0.05) is 40.9 Å². The molecule has 0 amide bonds. The standard InChI is InChI=1S/C16H12Cl2/c1-9(2)16-14-7-10(17)3-5-12(14)13-6-4-11(18)8-15(13)16/h3-8H,1-2H3. The van der Waals surface area contributed by atoms with E-state index in [2.05, 4.69) is 26.0 Å². The highest BCUT2D eigenvalue weighted by molar-refractivity contribution is 6.32.